The van der Waals surface area contributed by atoms with Gasteiger partial charge in [0.05, 0.1) is 22.7 Å². The number of likely N-dealkylation sites (tertiary alicyclic amines) is 1. The standard InChI is InChI=1S/C31H38F3N5O3S.C2H6/c1-19-36-26-22(12-24(39(3)28(26)40)30(41-4)10-8-29(9-11-30)17-43-18-29)27(37-19)35-13-20-6-5-7-23(25(20)32)31(33,34)16-42-21-14-38(2)15-21;1-2/h5-7,12,21H,8-11,13-18H2,1-4H3,(H,35,36,37);1-2H3. The van der Waals surface area contributed by atoms with Gasteiger partial charge in [0.2, 0.25) is 0 Å². The van der Waals surface area contributed by atoms with E-state index in [1.165, 1.54) is 23.6 Å². The van der Waals surface area contributed by atoms with Crippen molar-refractivity contribution in [3.05, 3.63) is 63.1 Å². The van der Waals surface area contributed by atoms with Crippen LogP contribution in [0.15, 0.2) is 29.1 Å². The molecule has 1 aliphatic carbocycles. The molecule has 12 heteroatoms. The number of hydrogen-bond acceptors (Lipinski definition) is 8. The Balaban J connectivity index is 0.00000196. The minimum atomic E-state index is -3.49. The summed E-state index contributed by atoms with van der Waals surface area (Å²) in [5.41, 5.74) is -0.212. The maximum Gasteiger partial charge on any atom is 0.298 e. The van der Waals surface area contributed by atoms with Crippen LogP contribution in [0.5, 0.6) is 0 Å². The molecule has 0 atom stereocenters. The minimum absolute atomic E-state index is 0.0540. The van der Waals surface area contributed by atoms with Gasteiger partial charge in [0, 0.05) is 39.4 Å². The molecule has 1 saturated carbocycles. The first kappa shape index (κ1) is 33.7. The van der Waals surface area contributed by atoms with Gasteiger partial charge < -0.3 is 24.3 Å². The van der Waals surface area contributed by atoms with Gasteiger partial charge in [-0.3, -0.25) is 4.79 Å². The molecular formula is C33H44F3N5O3S. The lowest BCUT2D eigenvalue weighted by molar-refractivity contribution is -0.134. The number of aryl methyl sites for hydroxylation is 1. The number of methoxy groups -OCH3 is 1. The highest BCUT2D eigenvalue weighted by Gasteiger charge is 2.48. The van der Waals surface area contributed by atoms with Crippen molar-refractivity contribution >= 4 is 28.5 Å². The van der Waals surface area contributed by atoms with E-state index in [1.807, 2.05) is 43.6 Å². The fourth-order valence-electron chi connectivity index (χ4n) is 6.61. The van der Waals surface area contributed by atoms with E-state index in [9.17, 15) is 4.79 Å². The Labute approximate surface area is 267 Å². The molecule has 8 nitrogen and oxygen atoms in total. The van der Waals surface area contributed by atoms with Crippen LogP contribution in [0.1, 0.15) is 62.2 Å². The van der Waals surface area contributed by atoms with Gasteiger partial charge in [0.25, 0.3) is 11.5 Å². The molecule has 3 aliphatic rings. The van der Waals surface area contributed by atoms with Crippen molar-refractivity contribution in [3.63, 3.8) is 0 Å². The molecule has 4 heterocycles. The van der Waals surface area contributed by atoms with E-state index in [4.69, 9.17) is 9.47 Å². The van der Waals surface area contributed by atoms with Gasteiger partial charge in [-0.25, -0.2) is 14.4 Å². The van der Waals surface area contributed by atoms with Crippen LogP contribution in [-0.2, 0) is 34.6 Å². The summed E-state index contributed by atoms with van der Waals surface area (Å²) in [7, 11) is 5.30. The molecule has 246 valence electrons. The van der Waals surface area contributed by atoms with Gasteiger partial charge >= 0.3 is 0 Å². The Bertz CT molecular complexity index is 1580. The highest BCUT2D eigenvalue weighted by atomic mass is 32.2. The minimum Gasteiger partial charge on any atom is -0.372 e. The van der Waals surface area contributed by atoms with Crippen molar-refractivity contribution in [2.45, 2.75) is 70.6 Å². The Morgan fingerprint density at radius 1 is 1.11 bits per heavy atom. The number of hydrogen-bond donors (Lipinski definition) is 1. The largest absolute Gasteiger partial charge is 0.372 e. The van der Waals surface area contributed by atoms with E-state index in [2.05, 4.69) is 15.3 Å². The first-order chi connectivity index (χ1) is 21.5. The molecule has 45 heavy (non-hydrogen) atoms. The monoisotopic (exact) mass is 647 g/mol. The summed E-state index contributed by atoms with van der Waals surface area (Å²) in [6.07, 6.45) is 3.37. The molecule has 0 radical (unpaired) electrons. The molecule has 2 saturated heterocycles. The Kier molecular flexibility index (Phi) is 9.89. The van der Waals surface area contributed by atoms with E-state index in [0.29, 0.717) is 35.5 Å². The predicted molar refractivity (Wildman–Crippen MR) is 173 cm³/mol. The van der Waals surface area contributed by atoms with Crippen LogP contribution in [-0.4, -0.2) is 70.9 Å². The molecule has 2 aromatic heterocycles. The summed E-state index contributed by atoms with van der Waals surface area (Å²) in [6.45, 7) is 5.82. The van der Waals surface area contributed by atoms with Crippen molar-refractivity contribution in [3.8, 4) is 0 Å². The zero-order valence-electron chi connectivity index (χ0n) is 27.0. The number of rotatable bonds is 9. The second-order valence-corrected chi connectivity index (χ2v) is 13.4. The highest BCUT2D eigenvalue weighted by molar-refractivity contribution is 8.00. The maximum absolute atomic E-state index is 15.5. The van der Waals surface area contributed by atoms with Gasteiger partial charge in [0.15, 0.2) is 0 Å². The second kappa shape index (κ2) is 13.2. The molecular weight excluding hydrogens is 603 g/mol. The SMILES string of the molecule is CC.COC1(c2cc3c(NCc4cccc(C(F)(F)COC5CN(C)C5)c4F)nc(C)nc3c(=O)n2C)CCC2(CC1)CSC2. The first-order valence-corrected chi connectivity index (χ1v) is 16.8. The summed E-state index contributed by atoms with van der Waals surface area (Å²) >= 11 is 1.97. The van der Waals surface area contributed by atoms with Crippen LogP contribution in [0, 0.1) is 18.2 Å². The number of fused-ring (bicyclic) bond motifs is 1. The number of ether oxygens (including phenoxy) is 2. The van der Waals surface area contributed by atoms with Crippen molar-refractivity contribution in [2.24, 2.45) is 12.5 Å². The topological polar surface area (TPSA) is 81.5 Å². The molecule has 1 N–H and O–H groups in total. The quantitative estimate of drug-likeness (QED) is 0.304. The first-order valence-electron chi connectivity index (χ1n) is 15.7. The van der Waals surface area contributed by atoms with E-state index in [1.54, 1.807) is 25.6 Å². The lowest BCUT2D eigenvalue weighted by Gasteiger charge is -2.50. The summed E-state index contributed by atoms with van der Waals surface area (Å²) in [6, 6.07) is 5.86. The van der Waals surface area contributed by atoms with Gasteiger partial charge in [0.1, 0.15) is 35.2 Å². The summed E-state index contributed by atoms with van der Waals surface area (Å²) in [5.74, 6) is -1.45. The van der Waals surface area contributed by atoms with Gasteiger partial charge in [-0.1, -0.05) is 26.0 Å². The number of benzene rings is 1. The van der Waals surface area contributed by atoms with Crippen molar-refractivity contribution in [1.29, 1.82) is 0 Å². The number of nitrogens with one attached hydrogen (secondary N) is 1. The number of pyridine rings is 1. The average molecular weight is 648 g/mol. The normalized spacial score (nSPS) is 19.5. The molecule has 3 aromatic rings. The molecule has 6 rings (SSSR count). The highest BCUT2D eigenvalue weighted by Crippen LogP contribution is 2.54. The molecule has 2 aliphatic heterocycles. The third-order valence-electron chi connectivity index (χ3n) is 9.45. The van der Waals surface area contributed by atoms with E-state index < -0.39 is 29.5 Å². The molecule has 1 aromatic carbocycles. The number of alkyl halides is 2. The lowest BCUT2D eigenvalue weighted by Crippen LogP contribution is -2.50. The van der Waals surface area contributed by atoms with Crippen LogP contribution >= 0.6 is 11.8 Å². The van der Waals surface area contributed by atoms with Crippen LogP contribution < -0.4 is 10.9 Å². The van der Waals surface area contributed by atoms with E-state index in [0.717, 1.165) is 37.4 Å². The predicted octanol–water partition coefficient (Wildman–Crippen LogP) is 5.99. The van der Waals surface area contributed by atoms with Gasteiger partial charge in [-0.15, -0.1) is 0 Å². The lowest BCUT2D eigenvalue weighted by atomic mass is 9.69. The molecule has 0 unspecified atom stereocenters. The molecule has 0 amide bonds. The number of likely N-dealkylation sites (N-methyl/N-ethyl adjacent to an activating group) is 1. The van der Waals surface area contributed by atoms with Gasteiger partial charge in [-0.05, 0) is 68.7 Å². The van der Waals surface area contributed by atoms with Gasteiger partial charge in [-0.2, -0.15) is 20.5 Å². The molecule has 1 spiro atoms. The number of nitrogens with zero attached hydrogens (tertiary/aromatic N) is 4. The Morgan fingerprint density at radius 2 is 1.80 bits per heavy atom. The van der Waals surface area contributed by atoms with Crippen molar-refractivity contribution < 1.29 is 22.6 Å². The smallest absolute Gasteiger partial charge is 0.298 e. The summed E-state index contributed by atoms with van der Waals surface area (Å²) < 4.78 is 58.6. The fraction of sp³-hybridized carbons (Fsp3) is 0.606. The third-order valence-corrected chi connectivity index (χ3v) is 11.1. The number of anilines is 1. The molecule has 3 fully saturated rings. The number of thioether (sulfide) groups is 1. The average Bonchev–Trinajstić information content (AvgIpc) is 3.00. The Hall–Kier alpha value is -2.67. The van der Waals surface area contributed by atoms with Crippen LogP contribution in [0.25, 0.3) is 10.9 Å². The van der Waals surface area contributed by atoms with Crippen LogP contribution in [0.3, 0.4) is 0 Å². The van der Waals surface area contributed by atoms with Crippen LogP contribution in [0.4, 0.5) is 19.0 Å². The zero-order chi connectivity index (χ0) is 32.6. The van der Waals surface area contributed by atoms with E-state index in [-0.39, 0.29) is 29.3 Å². The zero-order valence-corrected chi connectivity index (χ0v) is 27.8. The van der Waals surface area contributed by atoms with Crippen LogP contribution in [0.2, 0.25) is 0 Å². The Morgan fingerprint density at radius 3 is 2.40 bits per heavy atom. The fourth-order valence-corrected chi connectivity index (χ4v) is 7.97. The van der Waals surface area contributed by atoms with Crippen molar-refractivity contribution in [2.75, 3.05) is 50.7 Å². The molecule has 0 bridgehead atoms. The third kappa shape index (κ3) is 6.48. The maximum atomic E-state index is 15.5. The number of aromatic nitrogens is 3. The van der Waals surface area contributed by atoms with E-state index >= 15 is 13.2 Å². The second-order valence-electron chi connectivity index (χ2n) is 12.5. The van der Waals surface area contributed by atoms with Crippen molar-refractivity contribution in [1.82, 2.24) is 19.4 Å². The number of halogens is 3. The summed E-state index contributed by atoms with van der Waals surface area (Å²) in [4.78, 5) is 24.5. The summed E-state index contributed by atoms with van der Waals surface area (Å²) in [5, 5.41) is 3.60.